The lowest BCUT2D eigenvalue weighted by Gasteiger charge is -2.37. The lowest BCUT2D eigenvalue weighted by atomic mass is 9.99. The molecule has 4 aromatic rings. The fourth-order valence-electron chi connectivity index (χ4n) is 7.24. The molecular weight excluding hydrogens is 693 g/mol. The maximum Gasteiger partial charge on any atom is 0.243 e. The Kier molecular flexibility index (Phi) is 8.37. The Balaban J connectivity index is 1.29. The molecule has 0 unspecified atom stereocenters. The standard InChI is InChI=1S/C33H35F2N7O6S2/c1-2-23(43)38-18-14-42(9-12-47-15-18)28-20-13-37-25(19-3-4-21(34)29-27(19)40-32(36)49-29)24(35)26(20)39-31-30(28)50(44,45)16-22(48-31)33(5-6-33)17-41-7-10-46-11-8-41/h2-4,13,18,22H,1,5-12,14-17H2,(H2,36,40)(H,38,43)/t18-,22-/m1/s1. The lowest BCUT2D eigenvalue weighted by molar-refractivity contribution is -0.117. The van der Waals surface area contributed by atoms with Crippen LogP contribution in [0.25, 0.3) is 32.4 Å². The number of sulfone groups is 1. The van der Waals surface area contributed by atoms with Crippen molar-refractivity contribution in [3.05, 3.63) is 42.6 Å². The minimum atomic E-state index is -4.04. The Morgan fingerprint density at radius 2 is 1.92 bits per heavy atom. The van der Waals surface area contributed by atoms with Crippen molar-refractivity contribution in [3.8, 4) is 17.1 Å². The Morgan fingerprint density at radius 3 is 2.68 bits per heavy atom. The molecule has 2 atom stereocenters. The van der Waals surface area contributed by atoms with Gasteiger partial charge in [-0.15, -0.1) is 0 Å². The van der Waals surface area contributed by atoms with Crippen molar-refractivity contribution in [2.45, 2.75) is 29.9 Å². The minimum Gasteiger partial charge on any atom is -0.472 e. The number of aromatic nitrogens is 3. The highest BCUT2D eigenvalue weighted by molar-refractivity contribution is 7.91. The van der Waals surface area contributed by atoms with E-state index in [4.69, 9.17) is 19.9 Å². The highest BCUT2D eigenvalue weighted by atomic mass is 32.2. The molecule has 4 aliphatic rings. The van der Waals surface area contributed by atoms with E-state index >= 15 is 4.39 Å². The Bertz CT molecular complexity index is 2140. The predicted octanol–water partition coefficient (Wildman–Crippen LogP) is 2.92. The molecule has 3 aromatic heterocycles. The number of nitrogens with zero attached hydrogens (tertiary/aromatic N) is 5. The number of benzene rings is 1. The number of thiazole rings is 1. The van der Waals surface area contributed by atoms with Gasteiger partial charge < -0.3 is 30.2 Å². The molecule has 8 rings (SSSR count). The van der Waals surface area contributed by atoms with E-state index in [2.05, 4.69) is 31.7 Å². The summed E-state index contributed by atoms with van der Waals surface area (Å²) in [6, 6.07) is 2.04. The molecule has 3 fully saturated rings. The van der Waals surface area contributed by atoms with Gasteiger partial charge in [-0.2, -0.15) is 0 Å². The van der Waals surface area contributed by atoms with Gasteiger partial charge in [-0.25, -0.2) is 27.2 Å². The van der Waals surface area contributed by atoms with Crippen LogP contribution in [-0.2, 0) is 24.1 Å². The zero-order valence-corrected chi connectivity index (χ0v) is 28.6. The van der Waals surface area contributed by atoms with Crippen LogP contribution in [0.4, 0.5) is 19.6 Å². The highest BCUT2D eigenvalue weighted by Crippen LogP contribution is 2.54. The highest BCUT2D eigenvalue weighted by Gasteiger charge is 2.56. The number of halogens is 2. The molecule has 0 radical (unpaired) electrons. The van der Waals surface area contributed by atoms with Crippen molar-refractivity contribution in [2.24, 2.45) is 5.41 Å². The number of nitrogens with one attached hydrogen (secondary N) is 1. The first-order chi connectivity index (χ1) is 24.1. The van der Waals surface area contributed by atoms with Crippen molar-refractivity contribution in [2.75, 3.05) is 75.5 Å². The number of anilines is 2. The molecule has 3 aliphatic heterocycles. The Morgan fingerprint density at radius 1 is 1.14 bits per heavy atom. The van der Waals surface area contributed by atoms with E-state index in [9.17, 15) is 17.6 Å². The summed E-state index contributed by atoms with van der Waals surface area (Å²) in [6.07, 6.45) is 3.38. The van der Waals surface area contributed by atoms with Gasteiger partial charge in [0.1, 0.15) is 23.1 Å². The fourth-order valence-corrected chi connectivity index (χ4v) is 9.89. The third kappa shape index (κ3) is 5.83. The number of fused-ring (bicyclic) bond motifs is 3. The number of carbonyl (C=O) groups excluding carboxylic acids is 1. The molecule has 6 heterocycles. The van der Waals surface area contributed by atoms with Crippen molar-refractivity contribution in [3.63, 3.8) is 0 Å². The van der Waals surface area contributed by atoms with Gasteiger partial charge in [0.15, 0.2) is 25.7 Å². The molecule has 0 spiro atoms. The summed E-state index contributed by atoms with van der Waals surface area (Å²) in [7, 11) is -4.04. The molecule has 264 valence electrons. The lowest BCUT2D eigenvalue weighted by Crippen LogP contribution is -2.48. The van der Waals surface area contributed by atoms with Crippen molar-refractivity contribution < 1.29 is 36.2 Å². The monoisotopic (exact) mass is 727 g/mol. The van der Waals surface area contributed by atoms with Gasteiger partial charge in [0.2, 0.25) is 11.8 Å². The van der Waals surface area contributed by atoms with Crippen LogP contribution in [0.1, 0.15) is 12.8 Å². The Labute approximate surface area is 290 Å². The molecule has 50 heavy (non-hydrogen) atoms. The maximum atomic E-state index is 16.9. The number of amides is 1. The first-order valence-electron chi connectivity index (χ1n) is 16.4. The zero-order chi connectivity index (χ0) is 34.8. The second-order valence-corrected chi connectivity index (χ2v) is 16.2. The first-order valence-corrected chi connectivity index (χ1v) is 18.9. The van der Waals surface area contributed by atoms with Gasteiger partial charge in [0.05, 0.1) is 54.1 Å². The number of nitrogen functional groups attached to an aromatic ring is 1. The average Bonchev–Trinajstić information content (AvgIpc) is 3.82. The zero-order valence-electron chi connectivity index (χ0n) is 27.0. The van der Waals surface area contributed by atoms with Crippen LogP contribution < -0.4 is 20.7 Å². The number of hydrogen-bond donors (Lipinski definition) is 2. The average molecular weight is 728 g/mol. The van der Waals surface area contributed by atoms with Crippen LogP contribution in [0.5, 0.6) is 5.88 Å². The van der Waals surface area contributed by atoms with E-state index in [1.165, 1.54) is 18.3 Å². The van der Waals surface area contributed by atoms with Crippen molar-refractivity contribution in [1.29, 1.82) is 0 Å². The fraction of sp³-hybridized carbons (Fsp3) is 0.455. The quantitative estimate of drug-likeness (QED) is 0.268. The van der Waals surface area contributed by atoms with E-state index in [-0.39, 0.29) is 86.0 Å². The molecule has 1 aromatic carbocycles. The summed E-state index contributed by atoms with van der Waals surface area (Å²) in [6.45, 7) is 7.63. The van der Waals surface area contributed by atoms with Crippen LogP contribution in [0.2, 0.25) is 0 Å². The minimum absolute atomic E-state index is 0.110. The molecule has 17 heteroatoms. The summed E-state index contributed by atoms with van der Waals surface area (Å²) in [5.74, 6) is -2.27. The normalized spacial score (nSPS) is 23.2. The summed E-state index contributed by atoms with van der Waals surface area (Å²) < 4.78 is 78.5. The molecule has 1 amide bonds. The summed E-state index contributed by atoms with van der Waals surface area (Å²) in [4.78, 5) is 29.4. The molecule has 3 N–H and O–H groups in total. The molecule has 1 saturated carbocycles. The van der Waals surface area contributed by atoms with Crippen molar-refractivity contribution >= 4 is 59.0 Å². The number of hydrogen-bond acceptors (Lipinski definition) is 13. The summed E-state index contributed by atoms with van der Waals surface area (Å²) in [5, 5.41) is 3.07. The van der Waals surface area contributed by atoms with E-state index < -0.39 is 44.9 Å². The number of nitrogens with two attached hydrogens (primary N) is 1. The number of carbonyl (C=O) groups is 1. The van der Waals surface area contributed by atoms with Gasteiger partial charge in [0, 0.05) is 55.3 Å². The maximum absolute atomic E-state index is 16.9. The van der Waals surface area contributed by atoms with Gasteiger partial charge in [-0.05, 0) is 31.1 Å². The second kappa shape index (κ2) is 12.6. The van der Waals surface area contributed by atoms with Gasteiger partial charge in [-0.1, -0.05) is 17.9 Å². The van der Waals surface area contributed by atoms with Crippen LogP contribution in [0.15, 0.2) is 35.9 Å². The number of morpholine rings is 1. The topological polar surface area (TPSA) is 162 Å². The largest absolute Gasteiger partial charge is 0.472 e. The van der Waals surface area contributed by atoms with Gasteiger partial charge in [0.25, 0.3) is 0 Å². The van der Waals surface area contributed by atoms with E-state index in [0.717, 1.165) is 43.3 Å². The van der Waals surface area contributed by atoms with E-state index in [1.54, 1.807) is 4.90 Å². The van der Waals surface area contributed by atoms with Crippen LogP contribution >= 0.6 is 11.3 Å². The molecular formula is C33H35F2N7O6S2. The first kappa shape index (κ1) is 33.1. The van der Waals surface area contributed by atoms with Crippen molar-refractivity contribution in [1.82, 2.24) is 25.2 Å². The second-order valence-electron chi connectivity index (χ2n) is 13.2. The molecule has 0 bridgehead atoms. The van der Waals surface area contributed by atoms with E-state index in [1.807, 2.05) is 0 Å². The summed E-state index contributed by atoms with van der Waals surface area (Å²) >= 11 is 0.939. The Hall–Kier alpha value is -4.03. The predicted molar refractivity (Wildman–Crippen MR) is 183 cm³/mol. The van der Waals surface area contributed by atoms with Crippen LogP contribution in [0, 0.1) is 17.0 Å². The van der Waals surface area contributed by atoms with Gasteiger partial charge in [-0.3, -0.25) is 14.7 Å². The van der Waals surface area contributed by atoms with Gasteiger partial charge >= 0.3 is 0 Å². The number of rotatable bonds is 7. The number of ether oxygens (including phenoxy) is 3. The smallest absolute Gasteiger partial charge is 0.243 e. The third-order valence-electron chi connectivity index (χ3n) is 9.91. The summed E-state index contributed by atoms with van der Waals surface area (Å²) in [5.41, 5.74) is 5.71. The van der Waals surface area contributed by atoms with Crippen LogP contribution in [-0.4, -0.2) is 111 Å². The third-order valence-corrected chi connectivity index (χ3v) is 12.5. The number of pyridine rings is 2. The molecule has 13 nitrogen and oxygen atoms in total. The molecule has 1 aliphatic carbocycles. The van der Waals surface area contributed by atoms with E-state index in [0.29, 0.717) is 19.8 Å². The molecule has 2 saturated heterocycles. The van der Waals surface area contributed by atoms with Crippen LogP contribution in [0.3, 0.4) is 0 Å². The SMILES string of the molecule is C=CC(=O)N[C@H]1COCCN(c2c3c(nc4c(F)c(-c5ccc(F)c6sc(N)nc56)ncc24)O[C@@H](C2(CN4CCOCC4)CC2)CS3(=O)=O)C1.